The molecule has 0 saturated carbocycles. The van der Waals surface area contributed by atoms with Crippen LogP contribution in [0, 0.1) is 0 Å². The van der Waals surface area contributed by atoms with Gasteiger partial charge in [0.05, 0.1) is 16.6 Å². The second kappa shape index (κ2) is 8.43. The van der Waals surface area contributed by atoms with Gasteiger partial charge in [-0.3, -0.25) is 0 Å². The summed E-state index contributed by atoms with van der Waals surface area (Å²) < 4.78 is 15.8. The van der Waals surface area contributed by atoms with E-state index >= 15 is 0 Å². The van der Waals surface area contributed by atoms with Crippen molar-refractivity contribution in [1.82, 2.24) is 4.40 Å². The van der Waals surface area contributed by atoms with Gasteiger partial charge in [0.15, 0.2) is 11.2 Å². The van der Waals surface area contributed by atoms with Crippen molar-refractivity contribution in [2.75, 3.05) is 0 Å². The van der Waals surface area contributed by atoms with E-state index in [2.05, 4.69) is 126 Å². The molecule has 10 aromatic rings. The van der Waals surface area contributed by atoms with Crippen LogP contribution >= 0.6 is 0 Å². The first-order valence-electron chi connectivity index (χ1n) is 15.6. The number of rotatable bonds is 2. The van der Waals surface area contributed by atoms with Crippen LogP contribution in [0.25, 0.3) is 87.5 Å². The largest absolute Gasteiger partial charge is 0.454 e. The van der Waals surface area contributed by atoms with Gasteiger partial charge in [-0.15, -0.1) is 0 Å². The first-order valence-corrected chi connectivity index (χ1v) is 15.6. The van der Waals surface area contributed by atoms with Gasteiger partial charge in [-0.25, -0.2) is 0 Å². The Balaban J connectivity index is 1.26. The average Bonchev–Trinajstić information content (AvgIpc) is 3.84. The molecule has 45 heavy (non-hydrogen) atoms. The van der Waals surface area contributed by atoms with Crippen LogP contribution in [0.5, 0.6) is 0 Å². The second-order valence-corrected chi connectivity index (χ2v) is 12.4. The molecular weight excluding hydrogens is 550 g/mol. The van der Waals surface area contributed by atoms with Crippen molar-refractivity contribution in [1.29, 1.82) is 0 Å². The third-order valence-electron chi connectivity index (χ3n) is 10.1. The van der Waals surface area contributed by atoms with E-state index in [1.165, 1.54) is 43.8 Å². The van der Waals surface area contributed by atoms with Crippen LogP contribution in [0.15, 0.2) is 142 Å². The molecule has 210 valence electrons. The van der Waals surface area contributed by atoms with E-state index in [9.17, 15) is 0 Å². The fraction of sp³-hybridized carbons (Fsp3) is 0.0476. The zero-order valence-corrected chi connectivity index (χ0v) is 24.2. The highest BCUT2D eigenvalue weighted by Gasteiger charge is 2.26. The van der Waals surface area contributed by atoms with Crippen LogP contribution in [-0.2, 0) is 0 Å². The zero-order valence-electron chi connectivity index (χ0n) is 24.2. The Morgan fingerprint density at radius 1 is 0.511 bits per heavy atom. The lowest BCUT2D eigenvalue weighted by atomic mass is 9.87. The Morgan fingerprint density at radius 3 is 1.64 bits per heavy atom. The van der Waals surface area contributed by atoms with Crippen LogP contribution in [-0.4, -0.2) is 4.40 Å². The van der Waals surface area contributed by atoms with E-state index in [-0.39, 0.29) is 0 Å². The van der Waals surface area contributed by atoms with Gasteiger partial charge in [-0.2, -0.15) is 0 Å². The lowest BCUT2D eigenvalue weighted by molar-refractivity contribution is 0.670. The molecule has 3 heteroatoms. The summed E-state index contributed by atoms with van der Waals surface area (Å²) in [6.45, 7) is 0. The first-order chi connectivity index (χ1) is 22.3. The molecular formula is C42H25NO2. The Labute approximate surface area is 257 Å². The fourth-order valence-electron chi connectivity index (χ4n) is 8.00. The molecule has 1 aliphatic carbocycles. The van der Waals surface area contributed by atoms with Crippen molar-refractivity contribution in [3.05, 3.63) is 145 Å². The maximum atomic E-state index is 6.68. The lowest BCUT2D eigenvalue weighted by Gasteiger charge is -2.17. The van der Waals surface area contributed by atoms with Crippen molar-refractivity contribution in [2.45, 2.75) is 12.3 Å². The highest BCUT2D eigenvalue weighted by atomic mass is 16.3. The van der Waals surface area contributed by atoms with Crippen molar-refractivity contribution < 1.29 is 8.83 Å². The van der Waals surface area contributed by atoms with Crippen LogP contribution in [0.2, 0.25) is 0 Å². The molecule has 6 aromatic carbocycles. The molecule has 0 aliphatic heterocycles. The molecule has 0 fully saturated rings. The summed E-state index contributed by atoms with van der Waals surface area (Å²) in [7, 11) is 0. The number of fused-ring (bicyclic) bond motifs is 14. The summed E-state index contributed by atoms with van der Waals surface area (Å²) in [6, 6.07) is 41.3. The van der Waals surface area contributed by atoms with E-state index in [0.29, 0.717) is 5.92 Å². The molecule has 11 rings (SSSR count). The van der Waals surface area contributed by atoms with Crippen LogP contribution in [0.1, 0.15) is 23.5 Å². The molecule has 0 radical (unpaired) electrons. The number of nitrogens with zero attached hydrogens (tertiary/aromatic N) is 1. The molecule has 1 aliphatic rings. The maximum Gasteiger partial charge on any atom is 0.160 e. The predicted molar refractivity (Wildman–Crippen MR) is 187 cm³/mol. The molecule has 0 bridgehead atoms. The van der Waals surface area contributed by atoms with E-state index in [4.69, 9.17) is 8.83 Å². The van der Waals surface area contributed by atoms with Gasteiger partial charge in [0.25, 0.3) is 0 Å². The third kappa shape index (κ3) is 3.05. The quantitative estimate of drug-likeness (QED) is 0.205. The van der Waals surface area contributed by atoms with Gasteiger partial charge in [0.1, 0.15) is 11.2 Å². The second-order valence-electron chi connectivity index (χ2n) is 12.4. The normalized spacial score (nSPS) is 15.7. The van der Waals surface area contributed by atoms with Crippen molar-refractivity contribution in [2.24, 2.45) is 0 Å². The minimum absolute atomic E-state index is 0.297. The Hall–Kier alpha value is -5.80. The molecule has 1 atom stereocenters. The SMILES string of the molecule is C1=CC(c2cc3c4ccc5c6ccccc6oc5c4n4c3c(c2)c2ccc3c5ccccc5oc3c24)CC=C1c1ccccc1. The summed E-state index contributed by atoms with van der Waals surface area (Å²) >= 11 is 0. The summed E-state index contributed by atoms with van der Waals surface area (Å²) in [5.74, 6) is 0.297. The summed E-state index contributed by atoms with van der Waals surface area (Å²) in [4.78, 5) is 0. The van der Waals surface area contributed by atoms with Gasteiger partial charge in [0.2, 0.25) is 0 Å². The van der Waals surface area contributed by atoms with Gasteiger partial charge >= 0.3 is 0 Å². The molecule has 0 spiro atoms. The van der Waals surface area contributed by atoms with Crippen molar-refractivity contribution >= 4 is 87.5 Å². The number of para-hydroxylation sites is 2. The van der Waals surface area contributed by atoms with Crippen molar-refractivity contribution in [3.8, 4) is 0 Å². The molecule has 0 amide bonds. The monoisotopic (exact) mass is 575 g/mol. The smallest absolute Gasteiger partial charge is 0.160 e. The van der Waals surface area contributed by atoms with Gasteiger partial charge in [0, 0.05) is 49.0 Å². The van der Waals surface area contributed by atoms with Crippen LogP contribution in [0.4, 0.5) is 0 Å². The fourth-order valence-corrected chi connectivity index (χ4v) is 8.00. The predicted octanol–water partition coefficient (Wildman–Crippen LogP) is 11.8. The molecule has 0 saturated heterocycles. The molecule has 3 nitrogen and oxygen atoms in total. The van der Waals surface area contributed by atoms with Gasteiger partial charge < -0.3 is 13.2 Å². The van der Waals surface area contributed by atoms with Crippen LogP contribution in [0.3, 0.4) is 0 Å². The number of benzene rings is 6. The Bertz CT molecular complexity index is 2740. The van der Waals surface area contributed by atoms with Crippen molar-refractivity contribution in [3.63, 3.8) is 0 Å². The van der Waals surface area contributed by atoms with Gasteiger partial charge in [-0.05, 0) is 59.5 Å². The number of hydrogen-bond donors (Lipinski definition) is 0. The highest BCUT2D eigenvalue weighted by Crippen LogP contribution is 2.47. The number of furan rings is 2. The minimum Gasteiger partial charge on any atom is -0.454 e. The van der Waals surface area contributed by atoms with E-state index in [0.717, 1.165) is 61.3 Å². The molecule has 4 aromatic heterocycles. The summed E-state index contributed by atoms with van der Waals surface area (Å²) in [5.41, 5.74) is 11.0. The molecule has 1 unspecified atom stereocenters. The number of hydrogen-bond acceptors (Lipinski definition) is 2. The zero-order chi connectivity index (χ0) is 29.2. The Morgan fingerprint density at radius 2 is 1.07 bits per heavy atom. The molecule has 4 heterocycles. The maximum absolute atomic E-state index is 6.68. The third-order valence-corrected chi connectivity index (χ3v) is 10.1. The van der Waals surface area contributed by atoms with Gasteiger partial charge in [-0.1, -0.05) is 97.1 Å². The Kier molecular flexibility index (Phi) is 4.43. The standard InChI is InChI=1S/C42H25NO2/c1-2-8-24(9-3-1)25-14-16-26(17-15-25)27-22-34-30-18-20-32-28-10-4-6-12-36(28)44-41(32)39(30)43-38(34)35(23-27)31-19-21-33-29-11-5-7-13-37(29)45-42(33)40(31)43/h1-16,18-23,26H,17H2. The lowest BCUT2D eigenvalue weighted by Crippen LogP contribution is -1.98. The summed E-state index contributed by atoms with van der Waals surface area (Å²) in [5, 5.41) is 9.48. The topological polar surface area (TPSA) is 30.7 Å². The first kappa shape index (κ1) is 23.6. The highest BCUT2D eigenvalue weighted by molar-refractivity contribution is 6.31. The number of allylic oxidation sites excluding steroid dienone is 4. The molecule has 0 N–H and O–H groups in total. The minimum atomic E-state index is 0.297. The summed E-state index contributed by atoms with van der Waals surface area (Å²) in [6.07, 6.45) is 8.02. The number of aromatic nitrogens is 1. The van der Waals surface area contributed by atoms with Crippen LogP contribution < -0.4 is 0 Å². The average molecular weight is 576 g/mol. The van der Waals surface area contributed by atoms with E-state index < -0.39 is 0 Å². The van der Waals surface area contributed by atoms with E-state index in [1.807, 2.05) is 12.1 Å². The van der Waals surface area contributed by atoms with E-state index in [1.54, 1.807) is 0 Å².